The van der Waals surface area contributed by atoms with Crippen molar-refractivity contribution >= 4 is 16.5 Å². The van der Waals surface area contributed by atoms with Gasteiger partial charge in [0.25, 0.3) is 0 Å². The summed E-state index contributed by atoms with van der Waals surface area (Å²) in [6, 6.07) is 0.531. The Balaban J connectivity index is 1.80. The Morgan fingerprint density at radius 2 is 2.32 bits per heavy atom. The summed E-state index contributed by atoms with van der Waals surface area (Å²) in [5.74, 6) is 0. The van der Waals surface area contributed by atoms with Crippen molar-refractivity contribution in [3.63, 3.8) is 0 Å². The fourth-order valence-electron chi connectivity index (χ4n) is 2.92. The maximum absolute atomic E-state index is 5.53. The summed E-state index contributed by atoms with van der Waals surface area (Å²) in [4.78, 5) is 8.78. The number of ether oxygens (including phenoxy) is 1. The van der Waals surface area contributed by atoms with Crippen LogP contribution in [0.15, 0.2) is 0 Å². The Morgan fingerprint density at radius 3 is 3.21 bits per heavy atom. The normalized spacial score (nSPS) is 24.1. The van der Waals surface area contributed by atoms with E-state index in [0.717, 1.165) is 45.7 Å². The second-order valence-corrected chi connectivity index (χ2v) is 6.27. The Bertz CT molecular complexity index is 413. The molecule has 0 amide bonds. The van der Waals surface area contributed by atoms with Gasteiger partial charge < -0.3 is 15.0 Å². The van der Waals surface area contributed by atoms with Crippen LogP contribution in [0.3, 0.4) is 0 Å². The van der Waals surface area contributed by atoms with Crippen LogP contribution < -0.4 is 10.2 Å². The van der Waals surface area contributed by atoms with E-state index in [4.69, 9.17) is 9.72 Å². The Labute approximate surface area is 119 Å². The van der Waals surface area contributed by atoms with Gasteiger partial charge in [0.05, 0.1) is 12.3 Å². The first-order chi connectivity index (χ1) is 9.38. The van der Waals surface area contributed by atoms with Crippen LogP contribution >= 0.6 is 11.3 Å². The minimum Gasteiger partial charge on any atom is -0.380 e. The molecular formula is C14H23N3OS. The largest absolute Gasteiger partial charge is 0.380 e. The Kier molecular flexibility index (Phi) is 4.35. The highest BCUT2D eigenvalue weighted by molar-refractivity contribution is 7.15. The second kappa shape index (κ2) is 6.20. The molecule has 106 valence electrons. The van der Waals surface area contributed by atoms with E-state index in [2.05, 4.69) is 17.1 Å². The number of hydrogen-bond donors (Lipinski definition) is 1. The molecule has 0 aromatic carbocycles. The first-order valence-corrected chi connectivity index (χ1v) is 8.26. The molecule has 0 radical (unpaired) electrons. The molecule has 1 saturated heterocycles. The maximum Gasteiger partial charge on any atom is 0.185 e. The van der Waals surface area contributed by atoms with Crippen LogP contribution in [0.5, 0.6) is 0 Å². The smallest absolute Gasteiger partial charge is 0.185 e. The molecule has 5 heteroatoms. The third-order valence-corrected chi connectivity index (χ3v) is 5.15. The maximum atomic E-state index is 5.53. The van der Waals surface area contributed by atoms with Crippen molar-refractivity contribution in [1.29, 1.82) is 0 Å². The number of anilines is 1. The number of fused-ring (bicyclic) bond motifs is 1. The van der Waals surface area contributed by atoms with Crippen LogP contribution in [0.1, 0.15) is 42.8 Å². The topological polar surface area (TPSA) is 37.4 Å². The molecule has 1 aliphatic heterocycles. The lowest BCUT2D eigenvalue weighted by Gasteiger charge is -2.21. The van der Waals surface area contributed by atoms with Crippen molar-refractivity contribution in [2.45, 2.75) is 38.6 Å². The molecule has 0 spiro atoms. The number of aryl methyl sites for hydroxylation is 1. The van der Waals surface area contributed by atoms with Gasteiger partial charge in [0.15, 0.2) is 5.13 Å². The van der Waals surface area contributed by atoms with Crippen LogP contribution in [0.2, 0.25) is 0 Å². The van der Waals surface area contributed by atoms with Gasteiger partial charge >= 0.3 is 0 Å². The van der Waals surface area contributed by atoms with Gasteiger partial charge in [0.1, 0.15) is 0 Å². The molecule has 2 aliphatic rings. The fourth-order valence-corrected chi connectivity index (χ4v) is 4.19. The quantitative estimate of drug-likeness (QED) is 0.923. The molecule has 1 unspecified atom stereocenters. The summed E-state index contributed by atoms with van der Waals surface area (Å²) in [5.41, 5.74) is 1.34. The average Bonchev–Trinajstić information content (AvgIpc) is 2.68. The zero-order chi connectivity index (χ0) is 13.1. The summed E-state index contributed by atoms with van der Waals surface area (Å²) in [6.45, 7) is 7.01. The third-order valence-electron chi connectivity index (χ3n) is 3.88. The van der Waals surface area contributed by atoms with Gasteiger partial charge in [-0.1, -0.05) is 18.3 Å². The van der Waals surface area contributed by atoms with E-state index in [1.165, 1.54) is 28.5 Å². The number of thiazole rings is 1. The molecule has 1 N–H and O–H groups in total. The molecule has 3 rings (SSSR count). The number of nitrogens with zero attached hydrogens (tertiary/aromatic N) is 2. The zero-order valence-corrected chi connectivity index (χ0v) is 12.5. The molecule has 0 saturated carbocycles. The predicted molar refractivity (Wildman–Crippen MR) is 79.1 cm³/mol. The number of hydrogen-bond acceptors (Lipinski definition) is 5. The SMILES string of the molecule is CCNC1CCCc2nc(N3CCCOCC3)sc21. The van der Waals surface area contributed by atoms with Crippen molar-refractivity contribution in [1.82, 2.24) is 10.3 Å². The van der Waals surface area contributed by atoms with Crippen LogP contribution in [-0.2, 0) is 11.2 Å². The van der Waals surface area contributed by atoms with E-state index in [1.54, 1.807) is 0 Å². The Hall–Kier alpha value is -0.650. The minimum atomic E-state index is 0.531. The lowest BCUT2D eigenvalue weighted by molar-refractivity contribution is 0.152. The molecular weight excluding hydrogens is 258 g/mol. The van der Waals surface area contributed by atoms with Gasteiger partial charge in [0, 0.05) is 30.6 Å². The van der Waals surface area contributed by atoms with E-state index in [0.29, 0.717) is 6.04 Å². The minimum absolute atomic E-state index is 0.531. The first kappa shape index (κ1) is 13.3. The van der Waals surface area contributed by atoms with E-state index >= 15 is 0 Å². The van der Waals surface area contributed by atoms with Gasteiger partial charge in [-0.25, -0.2) is 4.98 Å². The van der Waals surface area contributed by atoms with Crippen LogP contribution in [0.4, 0.5) is 5.13 Å². The van der Waals surface area contributed by atoms with Gasteiger partial charge in [0.2, 0.25) is 0 Å². The molecule has 0 bridgehead atoms. The summed E-state index contributed by atoms with van der Waals surface area (Å²) in [5, 5.41) is 4.81. The van der Waals surface area contributed by atoms with Crippen molar-refractivity contribution < 1.29 is 4.74 Å². The number of rotatable bonds is 3. The van der Waals surface area contributed by atoms with Crippen molar-refractivity contribution in [2.75, 3.05) is 37.7 Å². The molecule has 4 nitrogen and oxygen atoms in total. The summed E-state index contributed by atoms with van der Waals surface area (Å²) < 4.78 is 5.53. The monoisotopic (exact) mass is 281 g/mol. The van der Waals surface area contributed by atoms with E-state index in [-0.39, 0.29) is 0 Å². The van der Waals surface area contributed by atoms with E-state index in [1.807, 2.05) is 11.3 Å². The van der Waals surface area contributed by atoms with Gasteiger partial charge in [-0.2, -0.15) is 0 Å². The van der Waals surface area contributed by atoms with Crippen molar-refractivity contribution in [3.05, 3.63) is 10.6 Å². The third kappa shape index (κ3) is 2.93. The number of aromatic nitrogens is 1. The lowest BCUT2D eigenvalue weighted by Crippen LogP contribution is -2.25. The van der Waals surface area contributed by atoms with Gasteiger partial charge in [-0.05, 0) is 32.2 Å². The highest BCUT2D eigenvalue weighted by Crippen LogP contribution is 2.37. The van der Waals surface area contributed by atoms with Gasteiger partial charge in [-0.3, -0.25) is 0 Å². The van der Waals surface area contributed by atoms with Crippen molar-refractivity contribution in [3.8, 4) is 0 Å². The number of nitrogens with one attached hydrogen (secondary N) is 1. The summed E-state index contributed by atoms with van der Waals surface area (Å²) >= 11 is 1.90. The van der Waals surface area contributed by atoms with Crippen LogP contribution in [0.25, 0.3) is 0 Å². The van der Waals surface area contributed by atoms with E-state index in [9.17, 15) is 0 Å². The molecule has 1 atom stereocenters. The molecule has 1 aromatic heterocycles. The second-order valence-electron chi connectivity index (χ2n) is 5.26. The fraction of sp³-hybridized carbons (Fsp3) is 0.786. The van der Waals surface area contributed by atoms with Crippen molar-refractivity contribution in [2.24, 2.45) is 0 Å². The summed E-state index contributed by atoms with van der Waals surface area (Å²) in [7, 11) is 0. The van der Waals surface area contributed by atoms with Crippen LogP contribution in [-0.4, -0.2) is 37.8 Å². The molecule has 1 fully saturated rings. The highest BCUT2D eigenvalue weighted by atomic mass is 32.1. The van der Waals surface area contributed by atoms with Crippen LogP contribution in [0, 0.1) is 0 Å². The average molecular weight is 281 g/mol. The molecule has 1 aliphatic carbocycles. The zero-order valence-electron chi connectivity index (χ0n) is 11.7. The van der Waals surface area contributed by atoms with Gasteiger partial charge in [-0.15, -0.1) is 0 Å². The summed E-state index contributed by atoms with van der Waals surface area (Å²) in [6.07, 6.45) is 4.78. The highest BCUT2D eigenvalue weighted by Gasteiger charge is 2.25. The predicted octanol–water partition coefficient (Wildman–Crippen LogP) is 2.36. The first-order valence-electron chi connectivity index (χ1n) is 7.44. The Morgan fingerprint density at radius 1 is 1.37 bits per heavy atom. The lowest BCUT2D eigenvalue weighted by atomic mass is 9.98. The standard InChI is InChI=1S/C14H23N3OS/c1-2-15-11-5-3-6-12-13(11)19-14(16-12)17-7-4-9-18-10-8-17/h11,15H,2-10H2,1H3. The molecule has 2 heterocycles. The molecule has 1 aromatic rings. The van der Waals surface area contributed by atoms with E-state index < -0.39 is 0 Å². The molecule has 19 heavy (non-hydrogen) atoms.